The van der Waals surface area contributed by atoms with Crippen LogP contribution < -0.4 is 15.0 Å². The van der Waals surface area contributed by atoms with Gasteiger partial charge in [0.1, 0.15) is 18.2 Å². The molecule has 2 aromatic heterocycles. The van der Waals surface area contributed by atoms with Gasteiger partial charge in [-0.3, -0.25) is 0 Å². The van der Waals surface area contributed by atoms with Gasteiger partial charge in [-0.25, -0.2) is 15.0 Å². The molecule has 32 heavy (non-hydrogen) atoms. The molecule has 2 N–H and O–H groups in total. The number of aliphatic hydroxyl groups is 1. The maximum atomic E-state index is 10.5. The van der Waals surface area contributed by atoms with Crippen molar-refractivity contribution in [2.24, 2.45) is 0 Å². The van der Waals surface area contributed by atoms with Crippen LogP contribution >= 0.6 is 0 Å². The lowest BCUT2D eigenvalue weighted by Crippen LogP contribution is -2.32. The Morgan fingerprint density at radius 1 is 1.25 bits per heavy atom. The standard InChI is InChI=1S/C24H26N6O2/c1-16-3-5-21(18(11-16)12-25)30-10-8-20-19(14-30)24(29-15-28-20)26-9-7-22(31)17-4-6-23(32-2)27-13-17/h3-6,11,13,15,22,31H,7-10,14H2,1-2H3,(H,26,28,29)/t22-/m1/s1. The Hall–Kier alpha value is -3.70. The Labute approximate surface area is 187 Å². The number of methoxy groups -OCH3 is 1. The van der Waals surface area contributed by atoms with E-state index < -0.39 is 6.10 Å². The summed E-state index contributed by atoms with van der Waals surface area (Å²) in [6, 6.07) is 11.8. The van der Waals surface area contributed by atoms with Crippen molar-refractivity contribution in [3.8, 4) is 11.9 Å². The third-order valence-corrected chi connectivity index (χ3v) is 5.68. The van der Waals surface area contributed by atoms with Gasteiger partial charge in [-0.1, -0.05) is 6.07 Å². The minimum Gasteiger partial charge on any atom is -0.481 e. The first-order valence-corrected chi connectivity index (χ1v) is 10.6. The highest BCUT2D eigenvalue weighted by molar-refractivity contribution is 5.62. The van der Waals surface area contributed by atoms with Crippen molar-refractivity contribution in [3.05, 3.63) is 70.8 Å². The van der Waals surface area contributed by atoms with Crippen LogP contribution in [0, 0.1) is 18.3 Å². The summed E-state index contributed by atoms with van der Waals surface area (Å²) < 4.78 is 5.06. The lowest BCUT2D eigenvalue weighted by molar-refractivity contribution is 0.171. The number of pyridine rings is 1. The summed E-state index contributed by atoms with van der Waals surface area (Å²) in [6.45, 7) is 3.96. The Balaban J connectivity index is 1.44. The number of benzene rings is 1. The van der Waals surface area contributed by atoms with Gasteiger partial charge in [0, 0.05) is 43.9 Å². The maximum Gasteiger partial charge on any atom is 0.212 e. The van der Waals surface area contributed by atoms with Crippen LogP contribution in [0.25, 0.3) is 0 Å². The molecular weight excluding hydrogens is 404 g/mol. The summed E-state index contributed by atoms with van der Waals surface area (Å²) in [5, 5.41) is 23.4. The zero-order chi connectivity index (χ0) is 22.5. The quantitative estimate of drug-likeness (QED) is 0.589. The topological polar surface area (TPSA) is 107 Å². The van der Waals surface area contributed by atoms with Gasteiger partial charge in [-0.05, 0) is 42.7 Å². The molecule has 0 saturated heterocycles. The van der Waals surface area contributed by atoms with E-state index in [1.54, 1.807) is 25.7 Å². The Morgan fingerprint density at radius 2 is 2.12 bits per heavy atom. The number of fused-ring (bicyclic) bond motifs is 1. The van der Waals surface area contributed by atoms with Crippen LogP contribution in [0.15, 0.2) is 42.9 Å². The molecule has 1 aliphatic heterocycles. The monoisotopic (exact) mass is 430 g/mol. The van der Waals surface area contributed by atoms with Gasteiger partial charge < -0.3 is 20.1 Å². The van der Waals surface area contributed by atoms with Crippen LogP contribution in [0.3, 0.4) is 0 Å². The van der Waals surface area contributed by atoms with Crippen molar-refractivity contribution in [2.45, 2.75) is 32.4 Å². The Kier molecular flexibility index (Phi) is 6.47. The molecule has 1 atom stereocenters. The van der Waals surface area contributed by atoms with Crippen LogP contribution in [0.2, 0.25) is 0 Å². The molecule has 0 spiro atoms. The number of nitrogens with zero attached hydrogens (tertiary/aromatic N) is 5. The molecule has 8 nitrogen and oxygen atoms in total. The molecule has 1 aromatic carbocycles. The number of nitrogens with one attached hydrogen (secondary N) is 1. The first-order chi connectivity index (χ1) is 15.6. The summed E-state index contributed by atoms with van der Waals surface area (Å²) in [6.07, 6.45) is 3.86. The van der Waals surface area contributed by atoms with Crippen molar-refractivity contribution in [1.82, 2.24) is 15.0 Å². The van der Waals surface area contributed by atoms with Crippen molar-refractivity contribution in [3.63, 3.8) is 0 Å². The van der Waals surface area contributed by atoms with E-state index in [1.165, 1.54) is 0 Å². The highest BCUT2D eigenvalue weighted by atomic mass is 16.5. The zero-order valence-electron chi connectivity index (χ0n) is 18.2. The van der Waals surface area contributed by atoms with Gasteiger partial charge in [0.25, 0.3) is 0 Å². The molecule has 164 valence electrons. The molecule has 1 aliphatic rings. The molecular formula is C24H26N6O2. The van der Waals surface area contributed by atoms with E-state index in [1.807, 2.05) is 31.2 Å². The third kappa shape index (κ3) is 4.63. The van der Waals surface area contributed by atoms with Gasteiger partial charge in [-0.15, -0.1) is 0 Å². The molecule has 0 fully saturated rings. The first kappa shape index (κ1) is 21.5. The van der Waals surface area contributed by atoms with E-state index in [9.17, 15) is 10.4 Å². The highest BCUT2D eigenvalue weighted by Crippen LogP contribution is 2.30. The number of anilines is 2. The Morgan fingerprint density at radius 3 is 2.88 bits per heavy atom. The number of nitriles is 1. The van der Waals surface area contributed by atoms with E-state index in [0.717, 1.165) is 46.9 Å². The summed E-state index contributed by atoms with van der Waals surface area (Å²) in [5.74, 6) is 1.29. The fourth-order valence-electron chi connectivity index (χ4n) is 3.92. The molecule has 0 radical (unpaired) electrons. The number of hydrogen-bond acceptors (Lipinski definition) is 8. The van der Waals surface area contributed by atoms with Crippen molar-refractivity contribution in [1.29, 1.82) is 5.26 Å². The van der Waals surface area contributed by atoms with Crippen LogP contribution in [0.1, 0.15) is 40.5 Å². The average Bonchev–Trinajstić information content (AvgIpc) is 2.83. The van der Waals surface area contributed by atoms with Gasteiger partial charge in [0.2, 0.25) is 5.88 Å². The maximum absolute atomic E-state index is 10.5. The predicted molar refractivity (Wildman–Crippen MR) is 122 cm³/mol. The van der Waals surface area contributed by atoms with Gasteiger partial charge >= 0.3 is 0 Å². The smallest absolute Gasteiger partial charge is 0.212 e. The second-order valence-electron chi connectivity index (χ2n) is 7.82. The Bertz CT molecular complexity index is 1130. The van der Waals surface area contributed by atoms with Crippen LogP contribution in [-0.4, -0.2) is 40.3 Å². The van der Waals surface area contributed by atoms with Crippen molar-refractivity contribution < 1.29 is 9.84 Å². The molecule has 0 aliphatic carbocycles. The SMILES string of the molecule is COc1ccc([C@H](O)CCNc2ncnc3c2CN(c2ccc(C)cc2C#N)CC3)cn1. The first-order valence-electron chi connectivity index (χ1n) is 10.6. The predicted octanol–water partition coefficient (Wildman–Crippen LogP) is 3.16. The minimum atomic E-state index is -0.638. The fraction of sp³-hybridized carbons (Fsp3) is 0.333. The number of aromatic nitrogens is 3. The molecule has 0 saturated carbocycles. The third-order valence-electron chi connectivity index (χ3n) is 5.68. The number of ether oxygens (including phenoxy) is 1. The lowest BCUT2D eigenvalue weighted by atomic mass is 10.0. The van der Waals surface area contributed by atoms with E-state index in [-0.39, 0.29) is 0 Å². The van der Waals surface area contributed by atoms with Gasteiger partial charge in [-0.2, -0.15) is 5.26 Å². The largest absolute Gasteiger partial charge is 0.481 e. The van der Waals surface area contributed by atoms with Crippen LogP contribution in [0.4, 0.5) is 11.5 Å². The summed E-state index contributed by atoms with van der Waals surface area (Å²) >= 11 is 0. The zero-order valence-corrected chi connectivity index (χ0v) is 18.2. The van der Waals surface area contributed by atoms with Crippen molar-refractivity contribution in [2.75, 3.05) is 30.4 Å². The van der Waals surface area contributed by atoms with Crippen LogP contribution in [-0.2, 0) is 13.0 Å². The number of hydrogen-bond donors (Lipinski definition) is 2. The number of rotatable bonds is 7. The molecule has 3 aromatic rings. The lowest BCUT2D eigenvalue weighted by Gasteiger charge is -2.31. The van der Waals surface area contributed by atoms with Crippen LogP contribution in [0.5, 0.6) is 5.88 Å². The van der Waals surface area contributed by atoms with E-state index in [4.69, 9.17) is 4.74 Å². The molecule has 0 bridgehead atoms. The summed E-state index contributed by atoms with van der Waals surface area (Å²) in [4.78, 5) is 15.3. The number of aliphatic hydroxyl groups excluding tert-OH is 1. The van der Waals surface area contributed by atoms with Gasteiger partial charge in [0.15, 0.2) is 0 Å². The second kappa shape index (κ2) is 9.62. The summed E-state index contributed by atoms with van der Waals surface area (Å²) in [7, 11) is 1.56. The van der Waals surface area contributed by atoms with Gasteiger partial charge in [0.05, 0.1) is 30.2 Å². The van der Waals surface area contributed by atoms with E-state index in [2.05, 4.69) is 31.2 Å². The molecule has 8 heteroatoms. The molecule has 3 heterocycles. The number of aryl methyl sites for hydroxylation is 1. The summed E-state index contributed by atoms with van der Waals surface area (Å²) in [5.41, 5.74) is 5.47. The second-order valence-corrected chi connectivity index (χ2v) is 7.82. The molecule has 4 rings (SSSR count). The highest BCUT2D eigenvalue weighted by Gasteiger charge is 2.23. The fourth-order valence-corrected chi connectivity index (χ4v) is 3.92. The molecule has 0 amide bonds. The normalized spacial score (nSPS) is 13.8. The minimum absolute atomic E-state index is 0.507. The van der Waals surface area contributed by atoms with E-state index >= 15 is 0 Å². The van der Waals surface area contributed by atoms with E-state index in [0.29, 0.717) is 31.0 Å². The average molecular weight is 431 g/mol. The van der Waals surface area contributed by atoms with Crippen molar-refractivity contribution >= 4 is 11.5 Å². The molecule has 0 unspecified atom stereocenters.